The number of benzene rings is 2. The van der Waals surface area contributed by atoms with Crippen LogP contribution in [-0.2, 0) is 11.4 Å². The molecule has 1 atom stereocenters. The lowest BCUT2D eigenvalue weighted by molar-refractivity contribution is -0.119. The second-order valence-electron chi connectivity index (χ2n) is 11.1. The number of nitrogens with zero attached hydrogens (tertiary/aromatic N) is 4. The summed E-state index contributed by atoms with van der Waals surface area (Å²) < 4.78 is 6.46. The van der Waals surface area contributed by atoms with Crippen molar-refractivity contribution in [1.29, 1.82) is 0 Å². The van der Waals surface area contributed by atoms with Crippen molar-refractivity contribution < 1.29 is 9.53 Å². The van der Waals surface area contributed by atoms with Gasteiger partial charge in [-0.25, -0.2) is 9.97 Å². The molecule has 2 N–H and O–H groups in total. The number of rotatable bonds is 10. The number of likely N-dealkylation sites (N-methyl/N-ethyl adjacent to an activating group) is 1. The maximum absolute atomic E-state index is 11.7. The summed E-state index contributed by atoms with van der Waals surface area (Å²) in [6, 6.07) is 13.0. The van der Waals surface area contributed by atoms with E-state index in [1.54, 1.807) is 0 Å². The van der Waals surface area contributed by atoms with Gasteiger partial charge in [0.25, 0.3) is 0 Å². The average Bonchev–Trinajstić information content (AvgIpc) is 3.37. The molecule has 2 heterocycles. The van der Waals surface area contributed by atoms with Crippen LogP contribution in [0.5, 0.6) is 5.75 Å². The van der Waals surface area contributed by atoms with Crippen LogP contribution in [-0.4, -0.2) is 53.0 Å². The topological polar surface area (TPSA) is 84.6 Å². The fourth-order valence-corrected chi connectivity index (χ4v) is 5.50. The summed E-state index contributed by atoms with van der Waals surface area (Å²) in [6.45, 7) is 17.9. The smallest absolute Gasteiger partial charge is 0.231 e. The first-order chi connectivity index (χ1) is 18.6. The third-order valence-electron chi connectivity index (χ3n) is 7.89. The number of ether oxygens (including phenoxy) is 1. The van der Waals surface area contributed by atoms with E-state index in [0.29, 0.717) is 12.5 Å². The Morgan fingerprint density at radius 2 is 1.82 bits per heavy atom. The van der Waals surface area contributed by atoms with Gasteiger partial charge in [0.2, 0.25) is 5.91 Å². The molecule has 0 saturated carbocycles. The highest BCUT2D eigenvalue weighted by molar-refractivity contribution is 5.76. The monoisotopic (exact) mass is 529 g/mol. The van der Waals surface area contributed by atoms with Gasteiger partial charge in [-0.15, -0.1) is 0 Å². The number of carbonyl (C=O) groups is 1. The minimum atomic E-state index is -0.293. The number of hydrogen-bond acceptors (Lipinski definition) is 6. The molecule has 0 unspecified atom stereocenters. The molecule has 1 aromatic heterocycles. The number of nitrogens with two attached hydrogens (primary N) is 1. The third-order valence-corrected chi connectivity index (χ3v) is 7.89. The van der Waals surface area contributed by atoms with Crippen molar-refractivity contribution in [3.05, 3.63) is 69.9 Å². The highest BCUT2D eigenvalue weighted by Crippen LogP contribution is 2.33. The van der Waals surface area contributed by atoms with Gasteiger partial charge in [-0.2, -0.15) is 0 Å². The van der Waals surface area contributed by atoms with E-state index < -0.39 is 0 Å². The van der Waals surface area contributed by atoms with Crippen LogP contribution in [0.3, 0.4) is 0 Å². The number of aromatic nitrogens is 2. The standard InChI is InChI=1S/C32H43N5O2/c1-8-36(18-29(33)38)26-14-15-37(17-26)32-27(19-39-28-16-25(20(2)3)13-12-21(28)4)24(7)34-31(35-32)30-22(5)10-9-11-23(30)6/h9-13,16,20,26H,8,14-15,17-19H2,1-7H3,(H2,33,38)/t26-/m0/s1. The summed E-state index contributed by atoms with van der Waals surface area (Å²) in [6.07, 6.45) is 0.943. The number of carbonyl (C=O) groups excluding carboxylic acids is 1. The average molecular weight is 530 g/mol. The molecule has 1 aliphatic rings. The Labute approximate surface area is 233 Å². The van der Waals surface area contributed by atoms with Crippen molar-refractivity contribution in [1.82, 2.24) is 14.9 Å². The molecule has 3 aromatic rings. The summed E-state index contributed by atoms with van der Waals surface area (Å²) in [7, 11) is 0. The van der Waals surface area contributed by atoms with Crippen LogP contribution >= 0.6 is 0 Å². The number of anilines is 1. The summed E-state index contributed by atoms with van der Waals surface area (Å²) in [4.78, 5) is 26.4. The van der Waals surface area contributed by atoms with Crippen LogP contribution in [0.2, 0.25) is 0 Å². The van der Waals surface area contributed by atoms with E-state index in [1.807, 2.05) is 0 Å². The largest absolute Gasteiger partial charge is 0.488 e. The molecule has 39 heavy (non-hydrogen) atoms. The van der Waals surface area contributed by atoms with Gasteiger partial charge in [0.1, 0.15) is 18.2 Å². The molecule has 1 fully saturated rings. The lowest BCUT2D eigenvalue weighted by atomic mass is 10.0. The predicted octanol–water partition coefficient (Wildman–Crippen LogP) is 5.47. The minimum Gasteiger partial charge on any atom is -0.488 e. The van der Waals surface area contributed by atoms with Gasteiger partial charge in [0.05, 0.1) is 17.8 Å². The zero-order valence-electron chi connectivity index (χ0n) is 24.5. The Hall–Kier alpha value is -3.45. The predicted molar refractivity (Wildman–Crippen MR) is 158 cm³/mol. The van der Waals surface area contributed by atoms with Gasteiger partial charge in [-0.3, -0.25) is 9.69 Å². The maximum Gasteiger partial charge on any atom is 0.231 e. The lowest BCUT2D eigenvalue weighted by Gasteiger charge is -2.27. The Morgan fingerprint density at radius 3 is 2.46 bits per heavy atom. The second-order valence-corrected chi connectivity index (χ2v) is 11.1. The van der Waals surface area contributed by atoms with Crippen molar-refractivity contribution in [2.24, 2.45) is 5.73 Å². The molecular weight excluding hydrogens is 486 g/mol. The molecule has 7 nitrogen and oxygen atoms in total. The summed E-state index contributed by atoms with van der Waals surface area (Å²) >= 11 is 0. The Morgan fingerprint density at radius 1 is 1.10 bits per heavy atom. The zero-order chi connectivity index (χ0) is 28.3. The van der Waals surface area contributed by atoms with E-state index >= 15 is 0 Å². The fraction of sp³-hybridized carbons (Fsp3) is 0.469. The first-order valence-electron chi connectivity index (χ1n) is 14.0. The highest BCUT2D eigenvalue weighted by Gasteiger charge is 2.31. The van der Waals surface area contributed by atoms with Crippen LogP contribution in [0, 0.1) is 27.7 Å². The number of hydrogen-bond donors (Lipinski definition) is 1. The summed E-state index contributed by atoms with van der Waals surface area (Å²) in [5, 5.41) is 0. The van der Waals surface area contributed by atoms with Gasteiger partial charge in [0, 0.05) is 24.7 Å². The van der Waals surface area contributed by atoms with Crippen LogP contribution in [0.4, 0.5) is 5.82 Å². The maximum atomic E-state index is 11.7. The number of amides is 1. The molecule has 0 spiro atoms. The number of primary amides is 1. The highest BCUT2D eigenvalue weighted by atomic mass is 16.5. The molecule has 4 rings (SSSR count). The SMILES string of the molecule is CCN(CC(N)=O)[C@H]1CCN(c2nc(-c3c(C)cccc3C)nc(C)c2COc2cc(C(C)C)ccc2C)C1. The van der Waals surface area contributed by atoms with E-state index in [2.05, 4.69) is 94.7 Å². The summed E-state index contributed by atoms with van der Waals surface area (Å²) in [5.74, 6) is 2.68. The summed E-state index contributed by atoms with van der Waals surface area (Å²) in [5.41, 5.74) is 13.2. The molecular formula is C32H43N5O2. The van der Waals surface area contributed by atoms with Crippen molar-refractivity contribution in [3.8, 4) is 17.1 Å². The zero-order valence-corrected chi connectivity index (χ0v) is 24.5. The fourth-order valence-electron chi connectivity index (χ4n) is 5.50. The molecule has 2 aromatic carbocycles. The van der Waals surface area contributed by atoms with Gasteiger partial charge in [-0.1, -0.05) is 51.1 Å². The first-order valence-corrected chi connectivity index (χ1v) is 14.0. The van der Waals surface area contributed by atoms with Crippen LogP contribution in [0.15, 0.2) is 36.4 Å². The number of aryl methyl sites for hydroxylation is 4. The van der Waals surface area contributed by atoms with Gasteiger partial charge < -0.3 is 15.4 Å². The molecule has 1 saturated heterocycles. The molecule has 1 amide bonds. The molecule has 0 radical (unpaired) electrons. The normalized spacial score (nSPS) is 15.4. The quantitative estimate of drug-likeness (QED) is 0.375. The van der Waals surface area contributed by atoms with Crippen LogP contribution < -0.4 is 15.4 Å². The van der Waals surface area contributed by atoms with E-state index in [4.69, 9.17) is 20.4 Å². The van der Waals surface area contributed by atoms with Crippen molar-refractivity contribution >= 4 is 11.7 Å². The van der Waals surface area contributed by atoms with E-state index in [-0.39, 0.29) is 18.5 Å². The van der Waals surface area contributed by atoms with E-state index in [0.717, 1.165) is 77.0 Å². The second kappa shape index (κ2) is 12.2. The first kappa shape index (κ1) is 28.6. The Bertz CT molecular complexity index is 1320. The van der Waals surface area contributed by atoms with Crippen molar-refractivity contribution in [2.75, 3.05) is 31.1 Å². The molecule has 0 bridgehead atoms. The lowest BCUT2D eigenvalue weighted by Crippen LogP contribution is -2.42. The molecule has 208 valence electrons. The van der Waals surface area contributed by atoms with Gasteiger partial charge >= 0.3 is 0 Å². The van der Waals surface area contributed by atoms with Crippen molar-refractivity contribution in [2.45, 2.75) is 73.5 Å². The molecule has 0 aliphatic carbocycles. The third kappa shape index (κ3) is 6.41. The van der Waals surface area contributed by atoms with Crippen molar-refractivity contribution in [3.63, 3.8) is 0 Å². The van der Waals surface area contributed by atoms with Crippen LogP contribution in [0.25, 0.3) is 11.4 Å². The molecule has 7 heteroatoms. The Kier molecular flexibility index (Phi) is 8.90. The van der Waals surface area contributed by atoms with Crippen LogP contribution in [0.1, 0.15) is 66.6 Å². The van der Waals surface area contributed by atoms with Gasteiger partial charge in [-0.05, 0) is 74.9 Å². The van der Waals surface area contributed by atoms with E-state index in [1.165, 1.54) is 5.56 Å². The minimum absolute atomic E-state index is 0.236. The van der Waals surface area contributed by atoms with E-state index in [9.17, 15) is 4.79 Å². The Balaban J connectivity index is 1.72. The molecule has 1 aliphatic heterocycles. The van der Waals surface area contributed by atoms with Gasteiger partial charge in [0.15, 0.2) is 5.82 Å².